The van der Waals surface area contributed by atoms with Gasteiger partial charge in [0, 0.05) is 0 Å². The van der Waals surface area contributed by atoms with Crippen LogP contribution in [0.1, 0.15) is 33.1 Å². The quantitative estimate of drug-likeness (QED) is 0.538. The van der Waals surface area contributed by atoms with E-state index in [0.717, 1.165) is 19.3 Å². The van der Waals surface area contributed by atoms with Crippen molar-refractivity contribution >= 4 is 10.1 Å². The van der Waals surface area contributed by atoms with Crippen molar-refractivity contribution in [2.45, 2.75) is 39.2 Å². The van der Waals surface area contributed by atoms with E-state index in [2.05, 4.69) is 6.92 Å². The summed E-state index contributed by atoms with van der Waals surface area (Å²) in [5.74, 6) is -0.590. The summed E-state index contributed by atoms with van der Waals surface area (Å²) in [6.07, 6.45) is 2.12. The molecule has 87 valence electrons. The lowest BCUT2D eigenvalue weighted by Crippen LogP contribution is -2.16. The van der Waals surface area contributed by atoms with Crippen molar-refractivity contribution in [2.75, 3.05) is 12.4 Å². The van der Waals surface area contributed by atoms with Gasteiger partial charge in [0.25, 0.3) is 10.1 Å². The van der Waals surface area contributed by atoms with Gasteiger partial charge < -0.3 is 5.11 Å². The monoisotopic (exact) mass is 227 g/mol. The first kappa shape index (κ1) is 16.3. The van der Waals surface area contributed by atoms with Crippen molar-refractivity contribution in [1.29, 1.82) is 0 Å². The van der Waals surface area contributed by atoms with E-state index in [1.807, 2.05) is 0 Å². The Balaban J connectivity index is 0. The van der Waals surface area contributed by atoms with E-state index < -0.39 is 22.0 Å². The van der Waals surface area contributed by atoms with Crippen LogP contribution in [0.5, 0.6) is 0 Å². The van der Waals surface area contributed by atoms with Gasteiger partial charge in [0.1, 0.15) is 5.75 Å². The van der Waals surface area contributed by atoms with Crippen LogP contribution >= 0.6 is 0 Å². The first-order valence-electron chi connectivity index (χ1n) is 4.54. The molecule has 0 aliphatic rings. The smallest absolute Gasteiger partial charge is 0.267 e. The van der Waals surface area contributed by atoms with Crippen molar-refractivity contribution in [1.82, 2.24) is 0 Å². The number of hydrogen-bond acceptors (Lipinski definition) is 3. The third-order valence-electron chi connectivity index (χ3n) is 1.20. The molecule has 6 heteroatoms. The van der Waals surface area contributed by atoms with Gasteiger partial charge in [-0.2, -0.15) is 8.42 Å². The van der Waals surface area contributed by atoms with Crippen LogP contribution in [0.4, 0.5) is 0 Å². The fourth-order valence-corrected chi connectivity index (χ4v) is 1.27. The molecular formula is C8H19O5S. The maximum absolute atomic E-state index is 9.84. The summed E-state index contributed by atoms with van der Waals surface area (Å²) in [5, 5.41) is 18.0. The molecule has 0 saturated heterocycles. The minimum Gasteiger partial charge on any atom is -0.392 e. The lowest BCUT2D eigenvalue weighted by Gasteiger charge is -1.97. The lowest BCUT2D eigenvalue weighted by molar-refractivity contribution is 0.186. The van der Waals surface area contributed by atoms with Gasteiger partial charge in [-0.25, -0.2) is 5.11 Å². The van der Waals surface area contributed by atoms with Crippen molar-refractivity contribution < 1.29 is 23.2 Å². The van der Waals surface area contributed by atoms with Gasteiger partial charge in [-0.15, -0.1) is 0 Å². The summed E-state index contributed by atoms with van der Waals surface area (Å²) in [6.45, 7) is 3.48. The molecule has 1 atom stereocenters. The van der Waals surface area contributed by atoms with Crippen LogP contribution in [-0.4, -0.2) is 36.5 Å². The van der Waals surface area contributed by atoms with Crippen LogP contribution in [0.3, 0.4) is 0 Å². The molecule has 0 heterocycles. The standard InChI is InChI=1S/C5H11O.C3H8O4S/c1-2-3-4-5-6;1-3(4)2-8(5,6)7/h2-5H2,1H3;3-4H,2H2,1H3,(H,5,6,7). The Morgan fingerprint density at radius 1 is 1.29 bits per heavy atom. The van der Waals surface area contributed by atoms with Crippen LogP contribution in [0.2, 0.25) is 0 Å². The molecule has 0 aliphatic heterocycles. The van der Waals surface area contributed by atoms with Gasteiger partial charge in [0.15, 0.2) is 0 Å². The molecule has 0 amide bonds. The van der Waals surface area contributed by atoms with Gasteiger partial charge in [0.05, 0.1) is 12.7 Å². The second kappa shape index (κ2) is 9.39. The van der Waals surface area contributed by atoms with E-state index >= 15 is 0 Å². The maximum Gasteiger partial charge on any atom is 0.267 e. The largest absolute Gasteiger partial charge is 0.392 e. The zero-order chi connectivity index (χ0) is 11.6. The molecule has 0 saturated carbocycles. The van der Waals surface area contributed by atoms with E-state index in [1.54, 1.807) is 0 Å². The second-order valence-corrected chi connectivity index (χ2v) is 4.51. The van der Waals surface area contributed by atoms with Crippen LogP contribution < -0.4 is 0 Å². The molecule has 0 spiro atoms. The highest BCUT2D eigenvalue weighted by molar-refractivity contribution is 7.85. The highest BCUT2D eigenvalue weighted by Gasteiger charge is 2.07. The van der Waals surface area contributed by atoms with Crippen LogP contribution in [0, 0.1) is 0 Å². The van der Waals surface area contributed by atoms with Gasteiger partial charge >= 0.3 is 0 Å². The minimum atomic E-state index is -3.97. The molecule has 0 rings (SSSR count). The molecule has 1 radical (unpaired) electrons. The molecule has 5 nitrogen and oxygen atoms in total. The zero-order valence-corrected chi connectivity index (χ0v) is 9.46. The molecule has 0 aliphatic carbocycles. The first-order chi connectivity index (χ1) is 6.33. The Kier molecular flexibility index (Phi) is 10.9. The fraction of sp³-hybridized carbons (Fsp3) is 1.00. The van der Waals surface area contributed by atoms with E-state index in [1.165, 1.54) is 6.92 Å². The average Bonchev–Trinajstić information content (AvgIpc) is 1.97. The number of rotatable bonds is 5. The summed E-state index contributed by atoms with van der Waals surface area (Å²) >= 11 is 0. The molecular weight excluding hydrogens is 208 g/mol. The fourth-order valence-electron chi connectivity index (χ4n) is 0.657. The van der Waals surface area contributed by atoms with Crippen LogP contribution in [-0.2, 0) is 15.2 Å². The van der Waals surface area contributed by atoms with Crippen molar-refractivity contribution in [2.24, 2.45) is 0 Å². The third kappa shape index (κ3) is 22.6. The molecule has 0 aromatic heterocycles. The Hall–Kier alpha value is -0.170. The normalized spacial score (nSPS) is 12.9. The van der Waals surface area contributed by atoms with Crippen molar-refractivity contribution in [3.63, 3.8) is 0 Å². The summed E-state index contributed by atoms with van der Waals surface area (Å²) in [5.41, 5.74) is 0. The number of hydrogen-bond donors (Lipinski definition) is 2. The summed E-state index contributed by atoms with van der Waals surface area (Å²) in [6, 6.07) is 0. The van der Waals surface area contributed by atoms with E-state index in [-0.39, 0.29) is 6.61 Å². The Morgan fingerprint density at radius 3 is 1.86 bits per heavy atom. The Morgan fingerprint density at radius 2 is 1.79 bits per heavy atom. The molecule has 0 aromatic rings. The number of unbranched alkanes of at least 4 members (excludes halogenated alkanes) is 2. The second-order valence-electron chi connectivity index (χ2n) is 3.01. The molecule has 2 N–H and O–H groups in total. The van der Waals surface area contributed by atoms with Gasteiger partial charge in [-0.1, -0.05) is 19.8 Å². The molecule has 14 heavy (non-hydrogen) atoms. The van der Waals surface area contributed by atoms with Gasteiger partial charge in [-0.05, 0) is 13.3 Å². The summed E-state index contributed by atoms with van der Waals surface area (Å²) in [7, 11) is -3.97. The summed E-state index contributed by atoms with van der Waals surface area (Å²) < 4.78 is 27.7. The zero-order valence-electron chi connectivity index (χ0n) is 8.64. The average molecular weight is 227 g/mol. The predicted octanol–water partition coefficient (Wildman–Crippen LogP) is 0.862. The minimum absolute atomic E-state index is 0.105. The number of aliphatic hydroxyl groups is 1. The van der Waals surface area contributed by atoms with E-state index in [4.69, 9.17) is 9.66 Å². The molecule has 0 aromatic carbocycles. The Labute approximate surface area is 85.5 Å². The summed E-state index contributed by atoms with van der Waals surface area (Å²) in [4.78, 5) is 0. The SMILES string of the molecule is CC(O)CS(=O)(=O)O.CCCCC[O]. The van der Waals surface area contributed by atoms with Crippen molar-refractivity contribution in [3.05, 3.63) is 0 Å². The van der Waals surface area contributed by atoms with E-state index in [9.17, 15) is 13.5 Å². The highest BCUT2D eigenvalue weighted by atomic mass is 32.2. The number of aliphatic hydroxyl groups excluding tert-OH is 1. The van der Waals surface area contributed by atoms with Gasteiger partial charge in [-0.3, -0.25) is 4.55 Å². The van der Waals surface area contributed by atoms with Crippen LogP contribution in [0.25, 0.3) is 0 Å². The topological polar surface area (TPSA) is 94.5 Å². The predicted molar refractivity (Wildman–Crippen MR) is 53.2 cm³/mol. The van der Waals surface area contributed by atoms with Crippen molar-refractivity contribution in [3.8, 4) is 0 Å². The molecule has 0 fully saturated rings. The highest BCUT2D eigenvalue weighted by Crippen LogP contribution is 1.89. The van der Waals surface area contributed by atoms with E-state index in [0.29, 0.717) is 0 Å². The maximum atomic E-state index is 9.84. The third-order valence-corrected chi connectivity index (χ3v) is 2.10. The van der Waals surface area contributed by atoms with Gasteiger partial charge in [0.2, 0.25) is 0 Å². The first-order valence-corrected chi connectivity index (χ1v) is 6.15. The Bertz CT molecular complexity index is 194. The lowest BCUT2D eigenvalue weighted by atomic mass is 10.3. The molecule has 0 bridgehead atoms. The molecule has 1 unspecified atom stereocenters. The van der Waals surface area contributed by atoms with Crippen LogP contribution in [0.15, 0.2) is 0 Å².